The van der Waals surface area contributed by atoms with Gasteiger partial charge in [-0.2, -0.15) is 0 Å². The van der Waals surface area contributed by atoms with Crippen molar-refractivity contribution in [2.24, 2.45) is 0 Å². The largest absolute Gasteiger partial charge is 0.504 e. The first-order chi connectivity index (χ1) is 11.0. The summed E-state index contributed by atoms with van der Waals surface area (Å²) in [4.78, 5) is 0. The minimum absolute atomic E-state index is 0.146. The van der Waals surface area contributed by atoms with Crippen LogP contribution in [0.5, 0.6) is 11.5 Å². The van der Waals surface area contributed by atoms with Gasteiger partial charge in [0.05, 0.1) is 12.7 Å². The number of hydrogen-bond acceptors (Lipinski definition) is 4. The molecule has 118 valence electrons. The van der Waals surface area contributed by atoms with Gasteiger partial charge in [0.2, 0.25) is 0 Å². The number of phenols is 2. The molecule has 0 saturated heterocycles. The Kier molecular flexibility index (Phi) is 4.02. The topological polar surface area (TPSA) is 71.2 Å². The molecular weight excluding hydrogens is 290 g/mol. The molecule has 0 bridgehead atoms. The highest BCUT2D eigenvalue weighted by molar-refractivity contribution is 5.62. The van der Waals surface area contributed by atoms with Crippen molar-refractivity contribution >= 4 is 0 Å². The molecule has 3 rings (SSSR count). The van der Waals surface area contributed by atoms with Crippen LogP contribution in [0.25, 0.3) is 11.3 Å². The Bertz CT molecular complexity index is 825. The van der Waals surface area contributed by atoms with Gasteiger partial charge in [0.1, 0.15) is 5.69 Å². The van der Waals surface area contributed by atoms with Gasteiger partial charge in [-0.1, -0.05) is 43.3 Å². The number of benzene rings is 2. The zero-order valence-corrected chi connectivity index (χ0v) is 13.1. The number of hydrogen-bond donors (Lipinski definition) is 2. The van der Waals surface area contributed by atoms with Crippen LogP contribution in [0, 0.1) is 0 Å². The normalized spacial score (nSPS) is 11.1. The maximum absolute atomic E-state index is 9.60. The summed E-state index contributed by atoms with van der Waals surface area (Å²) in [6, 6.07) is 12.9. The van der Waals surface area contributed by atoms with Gasteiger partial charge in [0.15, 0.2) is 11.5 Å². The lowest BCUT2D eigenvalue weighted by Gasteiger charge is -2.12. The molecule has 23 heavy (non-hydrogen) atoms. The first-order valence-electron chi connectivity index (χ1n) is 7.55. The van der Waals surface area contributed by atoms with E-state index in [1.165, 1.54) is 23.3 Å². The van der Waals surface area contributed by atoms with E-state index < -0.39 is 0 Å². The van der Waals surface area contributed by atoms with E-state index in [2.05, 4.69) is 36.3 Å². The Morgan fingerprint density at radius 2 is 1.83 bits per heavy atom. The van der Waals surface area contributed by atoms with E-state index in [1.807, 2.05) is 18.3 Å². The van der Waals surface area contributed by atoms with Gasteiger partial charge in [-0.15, -0.1) is 5.10 Å². The zero-order chi connectivity index (χ0) is 16.4. The van der Waals surface area contributed by atoms with Crippen LogP contribution in [-0.2, 0) is 6.54 Å². The van der Waals surface area contributed by atoms with Crippen LogP contribution in [0.3, 0.4) is 0 Å². The maximum Gasteiger partial charge on any atom is 0.158 e. The van der Waals surface area contributed by atoms with Crippen molar-refractivity contribution < 1.29 is 10.2 Å². The molecule has 5 heteroatoms. The smallest absolute Gasteiger partial charge is 0.158 e. The van der Waals surface area contributed by atoms with Crippen molar-refractivity contribution in [1.82, 2.24) is 15.0 Å². The van der Waals surface area contributed by atoms with Crippen LogP contribution in [0.4, 0.5) is 0 Å². The van der Waals surface area contributed by atoms with E-state index in [4.69, 9.17) is 0 Å². The van der Waals surface area contributed by atoms with E-state index in [-0.39, 0.29) is 11.5 Å². The predicted molar refractivity (Wildman–Crippen MR) is 88.4 cm³/mol. The Hall–Kier alpha value is -2.82. The Morgan fingerprint density at radius 3 is 2.57 bits per heavy atom. The highest BCUT2D eigenvalue weighted by Crippen LogP contribution is 2.29. The minimum Gasteiger partial charge on any atom is -0.504 e. The quantitative estimate of drug-likeness (QED) is 0.723. The molecule has 0 atom stereocenters. The fourth-order valence-electron chi connectivity index (χ4n) is 2.61. The summed E-state index contributed by atoms with van der Waals surface area (Å²) in [6.07, 6.45) is 1.84. The highest BCUT2D eigenvalue weighted by atomic mass is 16.3. The lowest BCUT2D eigenvalue weighted by atomic mass is 9.97. The third kappa shape index (κ3) is 3.18. The average molecular weight is 309 g/mol. The molecule has 1 aromatic heterocycles. The van der Waals surface area contributed by atoms with E-state index in [0.29, 0.717) is 23.7 Å². The second-order valence-electron chi connectivity index (χ2n) is 5.86. The van der Waals surface area contributed by atoms with Crippen LogP contribution >= 0.6 is 0 Å². The van der Waals surface area contributed by atoms with Gasteiger partial charge in [0.25, 0.3) is 0 Å². The van der Waals surface area contributed by atoms with E-state index in [1.54, 1.807) is 10.7 Å². The summed E-state index contributed by atoms with van der Waals surface area (Å²) in [5, 5.41) is 27.3. The number of phenolic OH excluding ortho intramolecular Hbond substituents is 2. The molecule has 0 aliphatic heterocycles. The van der Waals surface area contributed by atoms with Gasteiger partial charge in [-0.05, 0) is 35.2 Å². The van der Waals surface area contributed by atoms with E-state index in [0.717, 1.165) is 0 Å². The van der Waals surface area contributed by atoms with Crippen LogP contribution in [0.1, 0.15) is 30.9 Å². The summed E-state index contributed by atoms with van der Waals surface area (Å²) in [5.41, 5.74) is 3.88. The molecule has 0 aliphatic carbocycles. The molecule has 2 N–H and O–H groups in total. The SMILES string of the molecule is CC(C)c1ccccc1Cn1cc(-c2ccc(O)c(O)c2)nn1. The molecule has 0 saturated carbocycles. The fraction of sp³-hybridized carbons (Fsp3) is 0.222. The van der Waals surface area contributed by atoms with Crippen LogP contribution < -0.4 is 0 Å². The van der Waals surface area contributed by atoms with Crippen molar-refractivity contribution in [3.8, 4) is 22.8 Å². The second kappa shape index (κ2) is 6.12. The van der Waals surface area contributed by atoms with E-state index >= 15 is 0 Å². The van der Waals surface area contributed by atoms with Gasteiger partial charge in [0, 0.05) is 5.56 Å². The Balaban J connectivity index is 1.87. The molecule has 0 radical (unpaired) electrons. The number of nitrogens with zero attached hydrogens (tertiary/aromatic N) is 3. The van der Waals surface area contributed by atoms with Crippen LogP contribution in [-0.4, -0.2) is 25.2 Å². The zero-order valence-electron chi connectivity index (χ0n) is 13.1. The van der Waals surface area contributed by atoms with Gasteiger partial charge in [-0.3, -0.25) is 0 Å². The van der Waals surface area contributed by atoms with Gasteiger partial charge in [-0.25, -0.2) is 4.68 Å². The molecule has 0 fully saturated rings. The van der Waals surface area contributed by atoms with Gasteiger partial charge < -0.3 is 10.2 Å². The molecule has 5 nitrogen and oxygen atoms in total. The molecule has 0 spiro atoms. The summed E-state index contributed by atoms with van der Waals surface area (Å²) < 4.78 is 1.78. The summed E-state index contributed by atoms with van der Waals surface area (Å²) in [6.45, 7) is 4.99. The highest BCUT2D eigenvalue weighted by Gasteiger charge is 2.10. The van der Waals surface area contributed by atoms with Crippen molar-refractivity contribution in [3.05, 3.63) is 59.8 Å². The van der Waals surface area contributed by atoms with Crippen molar-refractivity contribution in [3.63, 3.8) is 0 Å². The fourth-order valence-corrected chi connectivity index (χ4v) is 2.61. The summed E-state index contributed by atoms with van der Waals surface area (Å²) in [7, 11) is 0. The lowest BCUT2D eigenvalue weighted by Crippen LogP contribution is -2.04. The minimum atomic E-state index is -0.165. The predicted octanol–water partition coefficient (Wildman–Crippen LogP) is 3.53. The lowest BCUT2D eigenvalue weighted by molar-refractivity contribution is 0.404. The molecule has 3 aromatic rings. The van der Waals surface area contributed by atoms with Gasteiger partial charge >= 0.3 is 0 Å². The third-order valence-electron chi connectivity index (χ3n) is 3.82. The summed E-state index contributed by atoms with van der Waals surface area (Å²) >= 11 is 0. The third-order valence-corrected chi connectivity index (χ3v) is 3.82. The standard InChI is InChI=1S/C18H19N3O2/c1-12(2)15-6-4-3-5-14(15)10-21-11-16(19-20-21)13-7-8-17(22)18(23)9-13/h3-9,11-12,22-23H,10H2,1-2H3. The second-order valence-corrected chi connectivity index (χ2v) is 5.86. The number of aromatic nitrogens is 3. The molecule has 0 amide bonds. The van der Waals surface area contributed by atoms with Crippen molar-refractivity contribution in [2.75, 3.05) is 0 Å². The molecule has 1 heterocycles. The van der Waals surface area contributed by atoms with Crippen molar-refractivity contribution in [1.29, 1.82) is 0 Å². The van der Waals surface area contributed by atoms with Crippen LogP contribution in [0.15, 0.2) is 48.7 Å². The molecule has 0 aliphatic rings. The number of rotatable bonds is 4. The molecular formula is C18H19N3O2. The van der Waals surface area contributed by atoms with Crippen LogP contribution in [0.2, 0.25) is 0 Å². The maximum atomic E-state index is 9.60. The number of aromatic hydroxyl groups is 2. The monoisotopic (exact) mass is 309 g/mol. The first kappa shape index (κ1) is 15.1. The van der Waals surface area contributed by atoms with E-state index in [9.17, 15) is 10.2 Å². The summed E-state index contributed by atoms with van der Waals surface area (Å²) in [5.74, 6) is 0.137. The van der Waals surface area contributed by atoms with Crippen molar-refractivity contribution in [2.45, 2.75) is 26.3 Å². The Morgan fingerprint density at radius 1 is 1.04 bits per heavy atom. The average Bonchev–Trinajstić information content (AvgIpc) is 2.99. The molecule has 2 aromatic carbocycles. The molecule has 0 unspecified atom stereocenters. The Labute approximate surface area is 134 Å². The first-order valence-corrected chi connectivity index (χ1v) is 7.55.